The van der Waals surface area contributed by atoms with Gasteiger partial charge in [-0.2, -0.15) is 0 Å². The van der Waals surface area contributed by atoms with Crippen LogP contribution in [0.1, 0.15) is 26.0 Å². The van der Waals surface area contributed by atoms with Gasteiger partial charge < -0.3 is 19.5 Å². The van der Waals surface area contributed by atoms with Crippen molar-refractivity contribution in [1.82, 2.24) is 4.98 Å². The number of nitrogens with zero attached hydrogens (tertiary/aromatic N) is 2. The number of anilines is 1. The minimum Gasteiger partial charge on any atom is -0.481 e. The number of carbonyl (C=O) groups is 1. The Morgan fingerprint density at radius 2 is 2.00 bits per heavy atom. The van der Waals surface area contributed by atoms with E-state index in [-0.39, 0.29) is 0 Å². The van der Waals surface area contributed by atoms with E-state index in [1.165, 1.54) is 11.3 Å². The second kappa shape index (κ2) is 8.31. The Hall–Kier alpha value is -1.18. The molecule has 0 spiro atoms. The van der Waals surface area contributed by atoms with E-state index in [0.29, 0.717) is 18.9 Å². The molecule has 0 saturated carbocycles. The molecule has 0 atom stereocenters. The van der Waals surface area contributed by atoms with Crippen LogP contribution in [0, 0.1) is 0 Å². The number of aliphatic carboxylic acids is 1. The average Bonchev–Trinajstić information content (AvgIpc) is 2.92. The van der Waals surface area contributed by atoms with Crippen molar-refractivity contribution < 1.29 is 19.4 Å². The van der Waals surface area contributed by atoms with E-state index in [0.717, 1.165) is 24.6 Å². The van der Waals surface area contributed by atoms with Gasteiger partial charge in [0.05, 0.1) is 12.3 Å². The lowest BCUT2D eigenvalue weighted by Crippen LogP contribution is -2.31. The highest BCUT2D eigenvalue weighted by atomic mass is 32.1. The molecule has 0 radical (unpaired) electrons. The minimum atomic E-state index is -0.978. The predicted octanol–water partition coefficient (Wildman–Crippen LogP) is 1.99. The highest BCUT2D eigenvalue weighted by molar-refractivity contribution is 7.13. The Bertz CT molecular complexity index is 448. The molecule has 1 aromatic rings. The summed E-state index contributed by atoms with van der Waals surface area (Å²) >= 11 is 1.47. The fourth-order valence-corrected chi connectivity index (χ4v) is 2.76. The summed E-state index contributed by atoms with van der Waals surface area (Å²) in [5, 5.41) is 11.9. The molecule has 0 amide bonds. The number of carboxylic acid groups (broad SMARTS) is 1. The van der Waals surface area contributed by atoms with E-state index in [2.05, 4.69) is 9.88 Å². The van der Waals surface area contributed by atoms with Gasteiger partial charge in [-0.15, -0.1) is 11.3 Å². The third-order valence-electron chi connectivity index (χ3n) is 3.28. The molecule has 0 aliphatic heterocycles. The summed E-state index contributed by atoms with van der Waals surface area (Å²) in [6.07, 6.45) is 0.886. The van der Waals surface area contributed by atoms with Crippen LogP contribution in [-0.2, 0) is 19.7 Å². The average molecular weight is 316 g/mol. The largest absolute Gasteiger partial charge is 0.481 e. The van der Waals surface area contributed by atoms with E-state index in [4.69, 9.17) is 9.47 Å². The molecule has 1 aromatic heterocycles. The van der Waals surface area contributed by atoms with E-state index in [1.54, 1.807) is 28.1 Å². The van der Waals surface area contributed by atoms with Crippen LogP contribution in [0.5, 0.6) is 0 Å². The molecule has 1 N–H and O–H groups in total. The Morgan fingerprint density at radius 1 is 1.33 bits per heavy atom. The second-order valence-electron chi connectivity index (χ2n) is 5.27. The lowest BCUT2D eigenvalue weighted by atomic mass is 9.90. The maximum atomic E-state index is 11.3. The molecule has 1 rings (SSSR count). The molecule has 0 bridgehead atoms. The molecule has 6 nitrogen and oxygen atoms in total. The zero-order chi connectivity index (χ0) is 15.9. The minimum absolute atomic E-state index is 0.587. The van der Waals surface area contributed by atoms with Crippen LogP contribution in [-0.4, -0.2) is 56.6 Å². The zero-order valence-corrected chi connectivity index (χ0v) is 13.9. The van der Waals surface area contributed by atoms with Crippen molar-refractivity contribution in [2.24, 2.45) is 0 Å². The summed E-state index contributed by atoms with van der Waals surface area (Å²) in [4.78, 5) is 17.9. The van der Waals surface area contributed by atoms with E-state index < -0.39 is 11.4 Å². The van der Waals surface area contributed by atoms with Gasteiger partial charge in [0.2, 0.25) is 0 Å². The normalized spacial score (nSPS) is 11.6. The van der Waals surface area contributed by atoms with Crippen molar-refractivity contribution >= 4 is 22.4 Å². The van der Waals surface area contributed by atoms with Crippen LogP contribution in [0.4, 0.5) is 5.13 Å². The third kappa shape index (κ3) is 4.94. The van der Waals surface area contributed by atoms with Gasteiger partial charge in [0.1, 0.15) is 5.41 Å². The van der Waals surface area contributed by atoms with Crippen molar-refractivity contribution in [2.45, 2.75) is 25.7 Å². The molecule has 0 aliphatic carbocycles. The lowest BCUT2D eigenvalue weighted by Gasteiger charge is -2.22. The Balaban J connectivity index is 2.83. The first-order valence-electron chi connectivity index (χ1n) is 6.85. The number of aromatic nitrogens is 1. The van der Waals surface area contributed by atoms with Crippen molar-refractivity contribution in [1.29, 1.82) is 0 Å². The SMILES string of the molecule is COCCCN(CCOC)c1nc(C(C)(C)C(=O)O)cs1. The maximum Gasteiger partial charge on any atom is 0.315 e. The number of methoxy groups -OCH3 is 2. The molecular formula is C14H24N2O4S. The summed E-state index contributed by atoms with van der Waals surface area (Å²) < 4.78 is 10.2. The molecule has 0 fully saturated rings. The number of ether oxygens (including phenoxy) is 2. The van der Waals surface area contributed by atoms with E-state index in [9.17, 15) is 9.90 Å². The maximum absolute atomic E-state index is 11.3. The first kappa shape index (κ1) is 17.9. The highest BCUT2D eigenvalue weighted by Gasteiger charge is 2.32. The first-order valence-corrected chi connectivity index (χ1v) is 7.73. The van der Waals surface area contributed by atoms with Gasteiger partial charge >= 0.3 is 5.97 Å². The lowest BCUT2D eigenvalue weighted by molar-refractivity contribution is -0.142. The Morgan fingerprint density at radius 3 is 2.57 bits per heavy atom. The molecule has 0 aromatic carbocycles. The van der Waals surface area contributed by atoms with Gasteiger partial charge in [-0.05, 0) is 20.3 Å². The quantitative estimate of drug-likeness (QED) is 0.666. The molecule has 0 aliphatic rings. The molecule has 0 saturated heterocycles. The van der Waals surface area contributed by atoms with Gasteiger partial charge in [-0.3, -0.25) is 4.79 Å². The van der Waals surface area contributed by atoms with Crippen LogP contribution >= 0.6 is 11.3 Å². The molecular weight excluding hydrogens is 292 g/mol. The first-order chi connectivity index (χ1) is 9.93. The molecule has 7 heteroatoms. The molecule has 120 valence electrons. The number of rotatable bonds is 10. The summed E-state index contributed by atoms with van der Waals surface area (Å²) in [7, 11) is 3.34. The van der Waals surface area contributed by atoms with Crippen LogP contribution in [0.2, 0.25) is 0 Å². The number of hydrogen-bond donors (Lipinski definition) is 1. The van der Waals surface area contributed by atoms with Crippen LogP contribution in [0.3, 0.4) is 0 Å². The van der Waals surface area contributed by atoms with Crippen LogP contribution < -0.4 is 4.90 Å². The number of hydrogen-bond acceptors (Lipinski definition) is 6. The number of thiazole rings is 1. The van der Waals surface area contributed by atoms with E-state index >= 15 is 0 Å². The van der Waals surface area contributed by atoms with Crippen molar-refractivity contribution in [3.05, 3.63) is 11.1 Å². The third-order valence-corrected chi connectivity index (χ3v) is 4.18. The van der Waals surface area contributed by atoms with Crippen molar-refractivity contribution in [3.63, 3.8) is 0 Å². The Labute approximate surface area is 129 Å². The molecule has 21 heavy (non-hydrogen) atoms. The summed E-state index contributed by atoms with van der Waals surface area (Å²) in [5.41, 5.74) is -0.391. The van der Waals surface area contributed by atoms with Crippen molar-refractivity contribution in [2.75, 3.05) is 45.4 Å². The van der Waals surface area contributed by atoms with Crippen LogP contribution in [0.25, 0.3) is 0 Å². The fourth-order valence-electron chi connectivity index (χ4n) is 1.71. The highest BCUT2D eigenvalue weighted by Crippen LogP contribution is 2.29. The van der Waals surface area contributed by atoms with Gasteiger partial charge in [-0.1, -0.05) is 0 Å². The monoisotopic (exact) mass is 316 g/mol. The van der Waals surface area contributed by atoms with Crippen LogP contribution in [0.15, 0.2) is 5.38 Å². The van der Waals surface area contributed by atoms with Gasteiger partial charge in [-0.25, -0.2) is 4.98 Å². The summed E-state index contributed by atoms with van der Waals surface area (Å²) in [5.74, 6) is -0.873. The topological polar surface area (TPSA) is 71.9 Å². The summed E-state index contributed by atoms with van der Waals surface area (Å²) in [6, 6.07) is 0. The van der Waals surface area contributed by atoms with Gasteiger partial charge in [0.25, 0.3) is 0 Å². The second-order valence-corrected chi connectivity index (χ2v) is 6.11. The predicted molar refractivity (Wildman–Crippen MR) is 83.4 cm³/mol. The Kier molecular flexibility index (Phi) is 7.07. The molecule has 0 unspecified atom stereocenters. The fraction of sp³-hybridized carbons (Fsp3) is 0.714. The van der Waals surface area contributed by atoms with E-state index in [1.807, 2.05) is 5.38 Å². The van der Waals surface area contributed by atoms with Gasteiger partial charge in [0.15, 0.2) is 5.13 Å². The number of carboxylic acids is 1. The molecule has 1 heterocycles. The van der Waals surface area contributed by atoms with Crippen molar-refractivity contribution in [3.8, 4) is 0 Å². The zero-order valence-electron chi connectivity index (χ0n) is 13.1. The summed E-state index contributed by atoms with van der Waals surface area (Å²) in [6.45, 7) is 6.14. The standard InChI is InChI=1S/C14H24N2O4S/c1-14(2,12(17)18)11-10-21-13(15-11)16(7-9-20-4)6-5-8-19-3/h10H,5-9H2,1-4H3,(H,17,18). The van der Waals surface area contributed by atoms with Gasteiger partial charge in [0, 0.05) is 39.3 Å². The smallest absolute Gasteiger partial charge is 0.315 e.